The quantitative estimate of drug-likeness (QED) is 0.510. The van der Waals surface area contributed by atoms with Crippen molar-refractivity contribution in [3.63, 3.8) is 0 Å². The van der Waals surface area contributed by atoms with Gasteiger partial charge in [0.2, 0.25) is 11.6 Å². The number of aliphatic hydroxyl groups is 1. The van der Waals surface area contributed by atoms with Gasteiger partial charge < -0.3 is 14.6 Å². The fourth-order valence-corrected chi connectivity index (χ4v) is 7.33. The molecule has 3 aliphatic heterocycles. The Kier molecular flexibility index (Phi) is 6.40. The van der Waals surface area contributed by atoms with Crippen LogP contribution in [0.2, 0.25) is 0 Å². The number of methoxy groups -OCH3 is 2. The van der Waals surface area contributed by atoms with Crippen LogP contribution in [0.4, 0.5) is 0 Å². The van der Waals surface area contributed by atoms with E-state index < -0.39 is 36.6 Å². The third-order valence-electron chi connectivity index (χ3n) is 8.89. The highest BCUT2D eigenvalue weighted by Crippen LogP contribution is 2.49. The molecule has 5 rings (SSSR count). The molecule has 5 atom stereocenters. The number of likely N-dealkylation sites (N-methyl/N-ethyl adjacent to an activating group) is 1. The van der Waals surface area contributed by atoms with Crippen molar-refractivity contribution in [2.45, 2.75) is 70.2 Å². The molecule has 202 valence electrons. The molecule has 0 saturated carbocycles. The van der Waals surface area contributed by atoms with Gasteiger partial charge in [0.05, 0.1) is 32.9 Å². The Morgan fingerprint density at radius 3 is 1.87 bits per heavy atom. The Hall–Kier alpha value is -3.21. The standard InChI is InChI=1S/C28H32N2O8/c1-11(32)7-17-16-8-15-21(26(36)28(38-6)13(3)24(15)34)22(29(16)4)18-9-14-20(19(10-31)30(17)18)25(35)27(37-5)12(2)23(14)33/h16-19,22,31H,7-10H2,1-6H3/t16-,17-,18-,19-,22-/m0/s1. The molecule has 10 heteroatoms. The zero-order valence-corrected chi connectivity index (χ0v) is 22.4. The first-order valence-electron chi connectivity index (χ1n) is 12.7. The van der Waals surface area contributed by atoms with Crippen LogP contribution in [0.3, 0.4) is 0 Å². The van der Waals surface area contributed by atoms with Crippen LogP contribution >= 0.6 is 0 Å². The number of carbonyl (C=O) groups excluding carboxylic acids is 5. The largest absolute Gasteiger partial charge is 0.492 e. The van der Waals surface area contributed by atoms with E-state index in [1.54, 1.807) is 6.92 Å². The van der Waals surface area contributed by atoms with E-state index >= 15 is 0 Å². The topological polar surface area (TPSA) is 131 Å². The maximum atomic E-state index is 13.7. The van der Waals surface area contributed by atoms with Crippen molar-refractivity contribution in [1.29, 1.82) is 0 Å². The Bertz CT molecular complexity index is 1330. The first-order valence-corrected chi connectivity index (χ1v) is 12.7. The minimum atomic E-state index is -0.878. The number of carbonyl (C=O) groups is 5. The summed E-state index contributed by atoms with van der Waals surface area (Å²) in [4.78, 5) is 70.6. The number of piperazine rings is 1. The van der Waals surface area contributed by atoms with Crippen molar-refractivity contribution in [1.82, 2.24) is 9.80 Å². The lowest BCUT2D eigenvalue weighted by molar-refractivity contribution is -0.132. The van der Waals surface area contributed by atoms with Gasteiger partial charge in [-0.25, -0.2) is 0 Å². The Labute approximate surface area is 220 Å². The first-order chi connectivity index (χ1) is 18.0. The highest BCUT2D eigenvalue weighted by molar-refractivity contribution is 6.26. The van der Waals surface area contributed by atoms with Gasteiger partial charge in [-0.15, -0.1) is 0 Å². The second-order valence-corrected chi connectivity index (χ2v) is 10.7. The maximum absolute atomic E-state index is 13.7. The number of ketones is 5. The molecule has 5 aliphatic rings. The van der Waals surface area contributed by atoms with Crippen LogP contribution in [-0.4, -0.2) is 102 Å². The van der Waals surface area contributed by atoms with Crippen LogP contribution in [0, 0.1) is 0 Å². The molecule has 1 N–H and O–H groups in total. The van der Waals surface area contributed by atoms with Crippen molar-refractivity contribution in [2.24, 2.45) is 0 Å². The molecule has 2 aliphatic carbocycles. The molecule has 0 aromatic rings. The van der Waals surface area contributed by atoms with E-state index in [1.165, 1.54) is 28.1 Å². The van der Waals surface area contributed by atoms with Gasteiger partial charge in [0.25, 0.3) is 0 Å². The van der Waals surface area contributed by atoms with E-state index in [0.29, 0.717) is 11.1 Å². The summed E-state index contributed by atoms with van der Waals surface area (Å²) < 4.78 is 10.6. The molecule has 1 fully saturated rings. The summed E-state index contributed by atoms with van der Waals surface area (Å²) in [7, 11) is 4.55. The highest BCUT2D eigenvalue weighted by atomic mass is 16.5. The second kappa shape index (κ2) is 9.21. The Morgan fingerprint density at radius 2 is 1.37 bits per heavy atom. The summed E-state index contributed by atoms with van der Waals surface area (Å²) in [6.07, 6.45) is 0.472. The molecular formula is C28H32N2O8. The molecule has 0 radical (unpaired) electrons. The fourth-order valence-electron chi connectivity index (χ4n) is 7.33. The van der Waals surface area contributed by atoms with E-state index in [-0.39, 0.29) is 82.2 Å². The lowest BCUT2D eigenvalue weighted by Gasteiger charge is -2.61. The average molecular weight is 525 g/mol. The maximum Gasteiger partial charge on any atom is 0.226 e. The van der Waals surface area contributed by atoms with E-state index in [4.69, 9.17) is 9.47 Å². The van der Waals surface area contributed by atoms with Gasteiger partial charge in [0.1, 0.15) is 5.78 Å². The Balaban J connectivity index is 1.73. The number of aliphatic hydroxyl groups excluding tert-OH is 1. The number of nitrogens with zero attached hydrogens (tertiary/aromatic N) is 2. The van der Waals surface area contributed by atoms with Crippen LogP contribution in [0.25, 0.3) is 0 Å². The molecule has 0 amide bonds. The lowest BCUT2D eigenvalue weighted by atomic mass is 9.67. The van der Waals surface area contributed by atoms with Crippen molar-refractivity contribution >= 4 is 28.9 Å². The van der Waals surface area contributed by atoms with Crippen molar-refractivity contribution < 1.29 is 38.6 Å². The fraction of sp³-hybridized carbons (Fsp3) is 0.536. The van der Waals surface area contributed by atoms with Gasteiger partial charge in [-0.05, 0) is 40.7 Å². The zero-order chi connectivity index (χ0) is 27.8. The monoisotopic (exact) mass is 524 g/mol. The van der Waals surface area contributed by atoms with Gasteiger partial charge in [0, 0.05) is 58.0 Å². The van der Waals surface area contributed by atoms with Crippen molar-refractivity contribution in [3.8, 4) is 0 Å². The number of fused-ring (bicyclic) bond motifs is 5. The molecule has 10 nitrogen and oxygen atoms in total. The normalized spacial score (nSPS) is 32.0. The first kappa shape index (κ1) is 26.4. The van der Waals surface area contributed by atoms with E-state index in [0.717, 1.165) is 0 Å². The molecule has 0 aromatic heterocycles. The number of ether oxygens (including phenoxy) is 2. The van der Waals surface area contributed by atoms with Crippen LogP contribution in [0.15, 0.2) is 45.0 Å². The molecule has 0 aromatic carbocycles. The van der Waals surface area contributed by atoms with Gasteiger partial charge >= 0.3 is 0 Å². The lowest BCUT2D eigenvalue weighted by Crippen LogP contribution is -2.74. The number of hydrogen-bond donors (Lipinski definition) is 1. The van der Waals surface area contributed by atoms with Gasteiger partial charge in [-0.3, -0.25) is 33.8 Å². The summed E-state index contributed by atoms with van der Waals surface area (Å²) in [5.74, 6) is -1.55. The van der Waals surface area contributed by atoms with E-state index in [2.05, 4.69) is 0 Å². The molecule has 1 saturated heterocycles. The number of rotatable bonds is 5. The minimum Gasteiger partial charge on any atom is -0.492 e. The summed E-state index contributed by atoms with van der Waals surface area (Å²) in [6.45, 7) is 4.12. The third kappa shape index (κ3) is 3.40. The van der Waals surface area contributed by atoms with Crippen LogP contribution < -0.4 is 0 Å². The summed E-state index contributed by atoms with van der Waals surface area (Å²) in [6, 6.07) is -2.84. The predicted molar refractivity (Wildman–Crippen MR) is 134 cm³/mol. The molecule has 3 heterocycles. The van der Waals surface area contributed by atoms with Gasteiger partial charge in [0.15, 0.2) is 23.1 Å². The Morgan fingerprint density at radius 1 is 0.868 bits per heavy atom. The third-order valence-corrected chi connectivity index (χ3v) is 8.89. The predicted octanol–water partition coefficient (Wildman–Crippen LogP) is 0.593. The summed E-state index contributed by atoms with van der Waals surface area (Å²) in [5, 5.41) is 10.7. The van der Waals surface area contributed by atoms with E-state index in [1.807, 2.05) is 16.8 Å². The SMILES string of the molecule is COC1=C(C)C(=O)C2=C(C1=O)[C@@H]1[C@@H]3CC4=C(C(=O)C(OC)=C(C)C4=O)[C@H](CO)N3[C@@H](CC(C)=O)[C@H](C2)N1C. The zero-order valence-electron chi connectivity index (χ0n) is 22.4. The molecule has 0 unspecified atom stereocenters. The smallest absolute Gasteiger partial charge is 0.226 e. The number of allylic oxidation sites excluding steroid dienone is 4. The molecule has 38 heavy (non-hydrogen) atoms. The van der Waals surface area contributed by atoms with Crippen molar-refractivity contribution in [3.05, 3.63) is 45.0 Å². The summed E-state index contributed by atoms with van der Waals surface area (Å²) >= 11 is 0. The average Bonchev–Trinajstić information content (AvgIpc) is 2.87. The second-order valence-electron chi connectivity index (χ2n) is 10.7. The van der Waals surface area contributed by atoms with Crippen LogP contribution in [0.1, 0.15) is 40.0 Å². The van der Waals surface area contributed by atoms with Gasteiger partial charge in [-0.1, -0.05) is 0 Å². The number of Topliss-reactive ketones (excluding diaryl/α,β-unsaturated/α-hetero) is 5. The molecule has 0 spiro atoms. The van der Waals surface area contributed by atoms with Crippen LogP contribution in [0.5, 0.6) is 0 Å². The molecule has 2 bridgehead atoms. The van der Waals surface area contributed by atoms with Crippen LogP contribution in [-0.2, 0) is 33.4 Å². The summed E-state index contributed by atoms with van der Waals surface area (Å²) in [5.41, 5.74) is 1.65. The van der Waals surface area contributed by atoms with Crippen molar-refractivity contribution in [2.75, 3.05) is 27.9 Å². The minimum absolute atomic E-state index is 0.000124. The van der Waals surface area contributed by atoms with Gasteiger partial charge in [-0.2, -0.15) is 0 Å². The highest BCUT2D eigenvalue weighted by Gasteiger charge is 2.59. The number of hydrogen-bond acceptors (Lipinski definition) is 10. The molecular weight excluding hydrogens is 492 g/mol. The van der Waals surface area contributed by atoms with E-state index in [9.17, 15) is 29.1 Å².